The standard InChI is InChI=1S/C33H52O5/c1-7-29(34)36-19-20(3)9-12-27-21(4)31-28(38-27)18-26-24-11-10-22-17-23(37-30(35)8-2)13-15-32(22,5)25(24)14-16-33(26,31)6/h20,22-26,28,31H,7-19H2,1-6H3/t20-,22-,23-,24-,25+,26-,28-,31+,32-,33-/m0/s1. The van der Waals surface area contributed by atoms with Crippen LogP contribution in [0.1, 0.15) is 119 Å². The van der Waals surface area contributed by atoms with Crippen molar-refractivity contribution < 1.29 is 23.8 Å². The first-order valence-corrected chi connectivity index (χ1v) is 15.8. The van der Waals surface area contributed by atoms with Crippen molar-refractivity contribution >= 4 is 11.9 Å². The first-order chi connectivity index (χ1) is 18.1. The second kappa shape index (κ2) is 10.8. The lowest BCUT2D eigenvalue weighted by Gasteiger charge is -2.61. The maximum absolute atomic E-state index is 11.9. The van der Waals surface area contributed by atoms with Gasteiger partial charge in [-0.05, 0) is 111 Å². The molecule has 1 aliphatic heterocycles. The van der Waals surface area contributed by atoms with Crippen LogP contribution < -0.4 is 0 Å². The molecule has 4 fully saturated rings. The molecule has 5 heteroatoms. The maximum Gasteiger partial charge on any atom is 0.305 e. The Hall–Kier alpha value is -1.52. The lowest BCUT2D eigenvalue weighted by atomic mass is 9.44. The van der Waals surface area contributed by atoms with E-state index in [1.165, 1.54) is 49.9 Å². The predicted octanol–water partition coefficient (Wildman–Crippen LogP) is 7.62. The summed E-state index contributed by atoms with van der Waals surface area (Å²) in [4.78, 5) is 23.5. The summed E-state index contributed by atoms with van der Waals surface area (Å²) in [7, 11) is 0. The summed E-state index contributed by atoms with van der Waals surface area (Å²) < 4.78 is 17.9. The number of ether oxygens (including phenoxy) is 3. The number of carbonyl (C=O) groups is 2. The van der Waals surface area contributed by atoms with Crippen LogP contribution in [0, 0.1) is 46.3 Å². The molecule has 214 valence electrons. The third-order valence-corrected chi connectivity index (χ3v) is 12.1. The minimum absolute atomic E-state index is 0.0320. The van der Waals surface area contributed by atoms with Crippen molar-refractivity contribution in [3.8, 4) is 0 Å². The highest BCUT2D eigenvalue weighted by Gasteiger charge is 2.64. The molecule has 5 nitrogen and oxygen atoms in total. The van der Waals surface area contributed by atoms with Crippen LogP contribution >= 0.6 is 0 Å². The first-order valence-electron chi connectivity index (χ1n) is 15.8. The fourth-order valence-electron chi connectivity index (χ4n) is 9.98. The van der Waals surface area contributed by atoms with E-state index in [2.05, 4.69) is 27.7 Å². The maximum atomic E-state index is 11.9. The summed E-state index contributed by atoms with van der Waals surface area (Å²) in [6, 6.07) is 0. The molecule has 1 heterocycles. The second-order valence-electron chi connectivity index (χ2n) is 14.1. The van der Waals surface area contributed by atoms with Crippen LogP contribution in [0.5, 0.6) is 0 Å². The third kappa shape index (κ3) is 4.83. The largest absolute Gasteiger partial charge is 0.494 e. The Morgan fingerprint density at radius 2 is 1.71 bits per heavy atom. The van der Waals surface area contributed by atoms with Crippen LogP contribution in [0.15, 0.2) is 11.3 Å². The van der Waals surface area contributed by atoms with Gasteiger partial charge in [-0.1, -0.05) is 34.6 Å². The number of allylic oxidation sites excluding steroid dienone is 1. The molecule has 0 bridgehead atoms. The Morgan fingerprint density at radius 1 is 0.974 bits per heavy atom. The minimum atomic E-state index is -0.107. The van der Waals surface area contributed by atoms with Crippen LogP contribution in [0.3, 0.4) is 0 Å². The topological polar surface area (TPSA) is 61.8 Å². The summed E-state index contributed by atoms with van der Waals surface area (Å²) in [5.41, 5.74) is 2.25. The van der Waals surface area contributed by atoms with Gasteiger partial charge in [0.05, 0.1) is 12.4 Å². The molecule has 0 saturated heterocycles. The van der Waals surface area contributed by atoms with E-state index >= 15 is 0 Å². The second-order valence-corrected chi connectivity index (χ2v) is 14.1. The van der Waals surface area contributed by atoms with Crippen molar-refractivity contribution in [3.63, 3.8) is 0 Å². The molecule has 5 aliphatic rings. The fraction of sp³-hybridized carbons (Fsp3) is 0.879. The Morgan fingerprint density at radius 3 is 2.45 bits per heavy atom. The van der Waals surface area contributed by atoms with E-state index in [0.29, 0.717) is 54.1 Å². The van der Waals surface area contributed by atoms with E-state index in [4.69, 9.17) is 14.2 Å². The first kappa shape index (κ1) is 28.0. The van der Waals surface area contributed by atoms with Gasteiger partial charge in [0.1, 0.15) is 12.2 Å². The van der Waals surface area contributed by atoms with Gasteiger partial charge in [0, 0.05) is 25.2 Å². The van der Waals surface area contributed by atoms with E-state index in [-0.39, 0.29) is 18.0 Å². The Labute approximate surface area is 230 Å². The zero-order chi connectivity index (χ0) is 27.2. The summed E-state index contributed by atoms with van der Waals surface area (Å²) >= 11 is 0. The predicted molar refractivity (Wildman–Crippen MR) is 148 cm³/mol. The molecule has 0 aromatic heterocycles. The van der Waals surface area contributed by atoms with E-state index < -0.39 is 0 Å². The zero-order valence-corrected chi connectivity index (χ0v) is 24.9. The highest BCUT2D eigenvalue weighted by Crippen LogP contribution is 2.69. The highest BCUT2D eigenvalue weighted by molar-refractivity contribution is 5.69. The SMILES string of the molecule is CCC(=O)OC[C@@H](C)CCC1=C(C)[C@@H]2[C@H](C[C@H]3[C@H]4CC[C@H]5C[C@@H](OC(=O)CC)CC[C@]5(C)[C@@H]4CC[C@]23C)O1. The fourth-order valence-corrected chi connectivity index (χ4v) is 9.98. The van der Waals surface area contributed by atoms with Gasteiger partial charge < -0.3 is 14.2 Å². The van der Waals surface area contributed by atoms with Crippen LogP contribution in [0.4, 0.5) is 0 Å². The Bertz CT molecular complexity index is 940. The van der Waals surface area contributed by atoms with Gasteiger partial charge in [0.15, 0.2) is 0 Å². The average molecular weight is 529 g/mol. The monoisotopic (exact) mass is 528 g/mol. The van der Waals surface area contributed by atoms with E-state index in [1.54, 1.807) is 0 Å². The average Bonchev–Trinajstić information content (AvgIpc) is 3.38. The van der Waals surface area contributed by atoms with Gasteiger partial charge in [-0.3, -0.25) is 9.59 Å². The van der Waals surface area contributed by atoms with E-state index in [9.17, 15) is 9.59 Å². The lowest BCUT2D eigenvalue weighted by molar-refractivity contribution is -0.161. The number of hydrogen-bond acceptors (Lipinski definition) is 5. The lowest BCUT2D eigenvalue weighted by Crippen LogP contribution is -2.54. The van der Waals surface area contributed by atoms with Gasteiger partial charge in [-0.15, -0.1) is 0 Å². The molecule has 0 N–H and O–H groups in total. The van der Waals surface area contributed by atoms with Crippen LogP contribution in [0.2, 0.25) is 0 Å². The molecule has 4 saturated carbocycles. The smallest absolute Gasteiger partial charge is 0.305 e. The van der Waals surface area contributed by atoms with Gasteiger partial charge in [-0.2, -0.15) is 0 Å². The molecule has 0 aromatic rings. The van der Waals surface area contributed by atoms with Crippen molar-refractivity contribution in [1.82, 2.24) is 0 Å². The van der Waals surface area contributed by atoms with Crippen LogP contribution in [-0.4, -0.2) is 30.8 Å². The number of fused-ring (bicyclic) bond motifs is 7. The van der Waals surface area contributed by atoms with Gasteiger partial charge in [0.25, 0.3) is 0 Å². The van der Waals surface area contributed by atoms with Gasteiger partial charge in [0.2, 0.25) is 0 Å². The van der Waals surface area contributed by atoms with E-state index in [1.807, 2.05) is 13.8 Å². The Kier molecular flexibility index (Phi) is 7.97. The minimum Gasteiger partial charge on any atom is -0.494 e. The van der Waals surface area contributed by atoms with Crippen molar-refractivity contribution in [3.05, 3.63) is 11.3 Å². The van der Waals surface area contributed by atoms with Crippen molar-refractivity contribution in [1.29, 1.82) is 0 Å². The zero-order valence-electron chi connectivity index (χ0n) is 24.9. The third-order valence-electron chi connectivity index (χ3n) is 12.1. The molecule has 0 aromatic carbocycles. The van der Waals surface area contributed by atoms with Gasteiger partial charge >= 0.3 is 11.9 Å². The Balaban J connectivity index is 1.23. The molecule has 38 heavy (non-hydrogen) atoms. The summed E-state index contributed by atoms with van der Waals surface area (Å²) in [6.45, 7) is 13.9. The van der Waals surface area contributed by atoms with Crippen molar-refractivity contribution in [2.24, 2.45) is 46.3 Å². The molecule has 0 unspecified atom stereocenters. The number of rotatable bonds is 8. The van der Waals surface area contributed by atoms with Crippen molar-refractivity contribution in [2.45, 2.75) is 131 Å². The molecule has 5 rings (SSSR count). The molecule has 10 atom stereocenters. The number of carbonyl (C=O) groups excluding carboxylic acids is 2. The normalized spacial score (nSPS) is 42.3. The molecule has 0 radical (unpaired) electrons. The molecule has 0 spiro atoms. The van der Waals surface area contributed by atoms with E-state index in [0.717, 1.165) is 43.4 Å². The van der Waals surface area contributed by atoms with Gasteiger partial charge in [-0.25, -0.2) is 0 Å². The molecule has 0 amide bonds. The number of esters is 2. The number of hydrogen-bond donors (Lipinski definition) is 0. The summed E-state index contributed by atoms with van der Waals surface area (Å²) in [6.07, 6.45) is 13.2. The van der Waals surface area contributed by atoms with Crippen LogP contribution in [-0.2, 0) is 23.8 Å². The van der Waals surface area contributed by atoms with Crippen molar-refractivity contribution in [2.75, 3.05) is 6.61 Å². The quantitative estimate of drug-likeness (QED) is 0.303. The molecule has 4 aliphatic carbocycles. The van der Waals surface area contributed by atoms with Crippen LogP contribution in [0.25, 0.3) is 0 Å². The highest BCUT2D eigenvalue weighted by atomic mass is 16.5. The molecular formula is C33H52O5. The summed E-state index contributed by atoms with van der Waals surface area (Å²) in [5.74, 6) is 5.07. The molecular weight excluding hydrogens is 476 g/mol. The summed E-state index contributed by atoms with van der Waals surface area (Å²) in [5, 5.41) is 0.